The Labute approximate surface area is 82.9 Å². The second-order valence-electron chi connectivity index (χ2n) is 2.93. The van der Waals surface area contributed by atoms with Crippen molar-refractivity contribution in [3.05, 3.63) is 22.8 Å². The number of aliphatic carboxylic acids is 1. The van der Waals surface area contributed by atoms with Gasteiger partial charge in [-0.05, 0) is 32.4 Å². The molecule has 0 unspecified atom stereocenters. The van der Waals surface area contributed by atoms with Crippen LogP contribution in [0, 0.1) is 0 Å². The monoisotopic (exact) mass is 198 g/mol. The highest BCUT2D eigenvalue weighted by Crippen LogP contribution is 2.08. The van der Waals surface area contributed by atoms with E-state index in [9.17, 15) is 9.59 Å². The molecule has 0 rings (SSSR count). The van der Waals surface area contributed by atoms with Crippen molar-refractivity contribution in [2.24, 2.45) is 0 Å². The third kappa shape index (κ3) is 3.43. The molecule has 0 aliphatic carbocycles. The maximum atomic E-state index is 11.0. The number of methoxy groups -OCH3 is 1. The molecule has 14 heavy (non-hydrogen) atoms. The van der Waals surface area contributed by atoms with Crippen LogP contribution in [0.25, 0.3) is 0 Å². The number of hydrogen-bond acceptors (Lipinski definition) is 3. The van der Waals surface area contributed by atoms with Crippen molar-refractivity contribution < 1.29 is 19.4 Å². The van der Waals surface area contributed by atoms with Gasteiger partial charge in [-0.15, -0.1) is 0 Å². The zero-order valence-corrected chi connectivity index (χ0v) is 8.75. The molecular weight excluding hydrogens is 184 g/mol. The number of rotatable bonds is 3. The lowest BCUT2D eigenvalue weighted by molar-refractivity contribution is -0.136. The number of hydrogen-bond donors (Lipinski definition) is 1. The van der Waals surface area contributed by atoms with Gasteiger partial charge in [-0.25, -0.2) is 9.59 Å². The quantitative estimate of drug-likeness (QED) is 0.424. The van der Waals surface area contributed by atoms with E-state index in [0.717, 1.165) is 0 Å². The van der Waals surface area contributed by atoms with E-state index in [-0.39, 0.29) is 5.57 Å². The summed E-state index contributed by atoms with van der Waals surface area (Å²) in [6.45, 7) is 4.69. The van der Waals surface area contributed by atoms with Crippen molar-refractivity contribution in [1.82, 2.24) is 0 Å². The molecule has 0 spiro atoms. The summed E-state index contributed by atoms with van der Waals surface area (Å²) in [5, 5.41) is 8.66. The van der Waals surface area contributed by atoms with Crippen molar-refractivity contribution in [1.29, 1.82) is 0 Å². The predicted molar refractivity (Wildman–Crippen MR) is 51.8 cm³/mol. The molecule has 0 heterocycles. The van der Waals surface area contributed by atoms with Gasteiger partial charge in [0.2, 0.25) is 0 Å². The molecule has 0 aromatic heterocycles. The van der Waals surface area contributed by atoms with Crippen molar-refractivity contribution in [2.75, 3.05) is 7.11 Å². The molecule has 78 valence electrons. The van der Waals surface area contributed by atoms with Gasteiger partial charge in [0.1, 0.15) is 0 Å². The second kappa shape index (κ2) is 5.21. The largest absolute Gasteiger partial charge is 0.478 e. The molecule has 0 amide bonds. The Hall–Kier alpha value is -1.58. The van der Waals surface area contributed by atoms with E-state index in [1.54, 1.807) is 13.8 Å². The fourth-order valence-corrected chi connectivity index (χ4v) is 0.822. The van der Waals surface area contributed by atoms with Crippen LogP contribution in [0.3, 0.4) is 0 Å². The summed E-state index contributed by atoms with van der Waals surface area (Å²) in [6.07, 6.45) is 1.50. The van der Waals surface area contributed by atoms with Crippen LogP contribution < -0.4 is 0 Å². The summed E-state index contributed by atoms with van der Waals surface area (Å²) >= 11 is 0. The molecule has 0 saturated carbocycles. The minimum atomic E-state index is -0.989. The van der Waals surface area contributed by atoms with Crippen molar-refractivity contribution in [3.8, 4) is 0 Å². The number of esters is 1. The second-order valence-corrected chi connectivity index (χ2v) is 2.93. The van der Waals surface area contributed by atoms with Crippen LogP contribution in [-0.2, 0) is 14.3 Å². The lowest BCUT2D eigenvalue weighted by Crippen LogP contribution is -2.03. The van der Waals surface area contributed by atoms with Gasteiger partial charge in [-0.1, -0.05) is 0 Å². The minimum absolute atomic E-state index is 0.216. The van der Waals surface area contributed by atoms with E-state index < -0.39 is 11.9 Å². The van der Waals surface area contributed by atoms with Crippen molar-refractivity contribution in [2.45, 2.75) is 20.8 Å². The number of carboxylic acids is 1. The average Bonchev–Trinajstić information content (AvgIpc) is 2.14. The van der Waals surface area contributed by atoms with E-state index >= 15 is 0 Å². The van der Waals surface area contributed by atoms with Crippen LogP contribution in [0.2, 0.25) is 0 Å². The molecule has 0 atom stereocenters. The van der Waals surface area contributed by atoms with Gasteiger partial charge in [-0.3, -0.25) is 0 Å². The molecule has 0 aliphatic rings. The van der Waals surface area contributed by atoms with Crippen LogP contribution >= 0.6 is 0 Å². The third-order valence-corrected chi connectivity index (χ3v) is 1.85. The fourth-order valence-electron chi connectivity index (χ4n) is 0.822. The summed E-state index contributed by atoms with van der Waals surface area (Å²) < 4.78 is 4.48. The first kappa shape index (κ1) is 12.4. The lowest BCUT2D eigenvalue weighted by Gasteiger charge is -2.01. The van der Waals surface area contributed by atoms with Gasteiger partial charge < -0.3 is 9.84 Å². The van der Waals surface area contributed by atoms with Crippen LogP contribution in [0.1, 0.15) is 20.8 Å². The average molecular weight is 198 g/mol. The SMILES string of the molecule is COC(=O)C(C)=CC(C)=C(C)C(=O)O. The van der Waals surface area contributed by atoms with E-state index in [1.807, 2.05) is 0 Å². The summed E-state index contributed by atoms with van der Waals surface area (Å²) in [4.78, 5) is 21.5. The van der Waals surface area contributed by atoms with Crippen LogP contribution in [-0.4, -0.2) is 24.2 Å². The molecule has 0 aromatic carbocycles. The number of ether oxygens (including phenoxy) is 1. The van der Waals surface area contributed by atoms with E-state index in [0.29, 0.717) is 11.1 Å². The van der Waals surface area contributed by atoms with Crippen LogP contribution in [0.15, 0.2) is 22.8 Å². The lowest BCUT2D eigenvalue weighted by atomic mass is 10.1. The summed E-state index contributed by atoms with van der Waals surface area (Å²) in [7, 11) is 1.28. The van der Waals surface area contributed by atoms with E-state index in [1.165, 1.54) is 20.1 Å². The van der Waals surface area contributed by atoms with Crippen LogP contribution in [0.4, 0.5) is 0 Å². The van der Waals surface area contributed by atoms with Gasteiger partial charge >= 0.3 is 11.9 Å². The van der Waals surface area contributed by atoms with Crippen molar-refractivity contribution >= 4 is 11.9 Å². The first-order valence-corrected chi connectivity index (χ1v) is 4.07. The Bertz CT molecular complexity index is 310. The summed E-state index contributed by atoms with van der Waals surface area (Å²) in [5.74, 6) is -1.45. The Balaban J connectivity index is 4.91. The number of carbonyl (C=O) groups is 2. The smallest absolute Gasteiger partial charge is 0.333 e. The maximum absolute atomic E-state index is 11.0. The van der Waals surface area contributed by atoms with Gasteiger partial charge in [0.15, 0.2) is 0 Å². The Morgan fingerprint density at radius 1 is 1.21 bits per heavy atom. The number of carbonyl (C=O) groups excluding carboxylic acids is 1. The van der Waals surface area contributed by atoms with Crippen LogP contribution in [0.5, 0.6) is 0 Å². The minimum Gasteiger partial charge on any atom is -0.478 e. The highest BCUT2D eigenvalue weighted by molar-refractivity contribution is 5.90. The standard InChI is InChI=1S/C10H14O4/c1-6(8(3)9(11)12)5-7(2)10(13)14-4/h5H,1-4H3,(H,11,12). The Kier molecular flexibility index (Phi) is 4.63. The molecule has 0 saturated heterocycles. The zero-order valence-electron chi connectivity index (χ0n) is 8.75. The fraction of sp³-hybridized carbons (Fsp3) is 0.400. The molecule has 0 radical (unpaired) electrons. The molecule has 0 bridgehead atoms. The Morgan fingerprint density at radius 2 is 1.71 bits per heavy atom. The van der Waals surface area contributed by atoms with E-state index in [2.05, 4.69) is 4.74 Å². The number of carboxylic acid groups (broad SMARTS) is 1. The third-order valence-electron chi connectivity index (χ3n) is 1.85. The topological polar surface area (TPSA) is 63.6 Å². The molecule has 0 aromatic rings. The summed E-state index contributed by atoms with van der Waals surface area (Å²) in [6, 6.07) is 0. The van der Waals surface area contributed by atoms with E-state index in [4.69, 9.17) is 5.11 Å². The Morgan fingerprint density at radius 3 is 2.07 bits per heavy atom. The predicted octanol–water partition coefficient (Wildman–Crippen LogP) is 1.53. The van der Waals surface area contributed by atoms with Gasteiger partial charge in [0, 0.05) is 11.1 Å². The molecular formula is C10H14O4. The number of allylic oxidation sites excluding steroid dienone is 2. The summed E-state index contributed by atoms with van der Waals surface area (Å²) in [5.41, 5.74) is 1.14. The van der Waals surface area contributed by atoms with Gasteiger partial charge in [0.05, 0.1) is 7.11 Å². The highest BCUT2D eigenvalue weighted by atomic mass is 16.5. The van der Waals surface area contributed by atoms with Crippen molar-refractivity contribution in [3.63, 3.8) is 0 Å². The highest BCUT2D eigenvalue weighted by Gasteiger charge is 2.06. The first-order valence-electron chi connectivity index (χ1n) is 4.07. The van der Waals surface area contributed by atoms with Gasteiger partial charge in [0.25, 0.3) is 0 Å². The molecule has 4 heteroatoms. The zero-order chi connectivity index (χ0) is 11.3. The molecule has 0 fully saturated rings. The first-order chi connectivity index (χ1) is 6.40. The molecule has 1 N–H and O–H groups in total. The maximum Gasteiger partial charge on any atom is 0.333 e. The van der Waals surface area contributed by atoms with Gasteiger partial charge in [-0.2, -0.15) is 0 Å². The molecule has 0 aliphatic heterocycles. The molecule has 4 nitrogen and oxygen atoms in total. The normalized spacial score (nSPS) is 13.3.